The van der Waals surface area contributed by atoms with Crippen molar-refractivity contribution in [2.24, 2.45) is 0 Å². The molecule has 0 heterocycles. The quantitative estimate of drug-likeness (QED) is 0.0957. The lowest BCUT2D eigenvalue weighted by Crippen LogP contribution is -2.50. The Morgan fingerprint density at radius 1 is 0.714 bits per heavy atom. The summed E-state index contributed by atoms with van der Waals surface area (Å²) in [5.41, 5.74) is 0. The van der Waals surface area contributed by atoms with Crippen LogP contribution in [0.3, 0.4) is 0 Å². The van der Waals surface area contributed by atoms with E-state index in [1.807, 2.05) is 0 Å². The van der Waals surface area contributed by atoms with Crippen molar-refractivity contribution >= 4 is 17.6 Å². The Morgan fingerprint density at radius 3 is 1.68 bits per heavy atom. The van der Waals surface area contributed by atoms with Gasteiger partial charge in [0.1, 0.15) is 12.5 Å². The van der Waals surface area contributed by atoms with Crippen LogP contribution in [0.2, 0.25) is 0 Å². The van der Waals surface area contributed by atoms with Crippen LogP contribution in [-0.4, -0.2) is 122 Å². The van der Waals surface area contributed by atoms with Crippen molar-refractivity contribution in [1.29, 1.82) is 0 Å². The minimum atomic E-state index is -2.88. The highest BCUT2D eigenvalue weighted by Crippen LogP contribution is 2.07. The lowest BCUT2D eigenvalue weighted by atomic mass is 10.4. The fourth-order valence-electron chi connectivity index (χ4n) is 2.01. The van der Waals surface area contributed by atoms with E-state index < -0.39 is 30.0 Å². The third kappa shape index (κ3) is 10.7. The summed E-state index contributed by atoms with van der Waals surface area (Å²) in [6.07, 6.45) is -1.61. The van der Waals surface area contributed by atoms with Gasteiger partial charge in [0.05, 0.1) is 12.7 Å². The van der Waals surface area contributed by atoms with Gasteiger partial charge >= 0.3 is 17.6 Å². The van der Waals surface area contributed by atoms with Gasteiger partial charge in [0.15, 0.2) is 6.29 Å². The smallest absolute Gasteiger partial charge is 0.389 e. The van der Waals surface area contributed by atoms with Crippen LogP contribution in [0.1, 0.15) is 0 Å². The van der Waals surface area contributed by atoms with E-state index >= 15 is 0 Å². The third-order valence-corrected chi connectivity index (χ3v) is 8.67. The summed E-state index contributed by atoms with van der Waals surface area (Å²) >= 11 is 0. The summed E-state index contributed by atoms with van der Waals surface area (Å²) < 4.78 is 41.9. The van der Waals surface area contributed by atoms with Gasteiger partial charge in [-0.2, -0.15) is 0 Å². The zero-order valence-electron chi connectivity index (χ0n) is 17.6. The molecule has 0 spiro atoms. The molecule has 14 heteroatoms. The number of aliphatic hydroxyl groups is 2. The van der Waals surface area contributed by atoms with E-state index in [4.69, 9.17) is 36.0 Å². The molecule has 0 aliphatic carbocycles. The van der Waals surface area contributed by atoms with E-state index in [1.165, 1.54) is 42.7 Å². The van der Waals surface area contributed by atoms with Crippen LogP contribution in [0.4, 0.5) is 0 Å². The molecular formula is C14H36N2O10Si2. The Hall–Kier alpha value is -0.0462. The van der Waals surface area contributed by atoms with Gasteiger partial charge in [-0.05, 0) is 0 Å². The van der Waals surface area contributed by atoms with Crippen molar-refractivity contribution in [2.45, 2.75) is 12.4 Å². The summed E-state index contributed by atoms with van der Waals surface area (Å²) in [6.45, 7) is 0.913. The molecule has 0 fully saturated rings. The molecule has 0 aromatic carbocycles. The zero-order valence-corrected chi connectivity index (χ0v) is 19.6. The van der Waals surface area contributed by atoms with E-state index in [0.29, 0.717) is 13.2 Å². The van der Waals surface area contributed by atoms with Crippen LogP contribution < -0.4 is 10.6 Å². The molecule has 0 bridgehead atoms. The Bertz CT molecular complexity index is 362. The summed E-state index contributed by atoms with van der Waals surface area (Å²) in [5.74, 6) is 0. The maximum atomic E-state index is 9.89. The van der Waals surface area contributed by atoms with Crippen LogP contribution in [0, 0.1) is 0 Å². The first-order chi connectivity index (χ1) is 13.4. The highest BCUT2D eigenvalue weighted by Gasteiger charge is 2.39. The van der Waals surface area contributed by atoms with E-state index in [-0.39, 0.29) is 25.6 Å². The molecule has 0 rings (SSSR count). The lowest BCUT2D eigenvalue weighted by Gasteiger charge is -2.25. The van der Waals surface area contributed by atoms with Crippen molar-refractivity contribution in [2.75, 3.05) is 81.5 Å². The van der Waals surface area contributed by atoms with Gasteiger partial charge in [-0.1, -0.05) is 0 Å². The standard InChI is InChI=1S/C14H36N2O10Si2/c1-19-27(20-2,21-3)11-25-9-13(17)7-15-10-16-8-14(18)26-12-28(22-4,23-5)24-6/h13-18H,7-12H2,1-6H3. The van der Waals surface area contributed by atoms with Crippen molar-refractivity contribution in [3.63, 3.8) is 0 Å². The Labute approximate surface area is 169 Å². The fourth-order valence-corrected chi connectivity index (χ4v) is 4.48. The van der Waals surface area contributed by atoms with Gasteiger partial charge in [-0.3, -0.25) is 5.32 Å². The second-order valence-corrected chi connectivity index (χ2v) is 11.4. The van der Waals surface area contributed by atoms with Crippen molar-refractivity contribution in [3.8, 4) is 0 Å². The van der Waals surface area contributed by atoms with Crippen LogP contribution in [-0.2, 0) is 36.0 Å². The number of ether oxygens (including phenoxy) is 2. The average molecular weight is 449 g/mol. The highest BCUT2D eigenvalue weighted by molar-refractivity contribution is 6.60. The van der Waals surface area contributed by atoms with E-state index in [1.54, 1.807) is 0 Å². The predicted octanol–water partition coefficient (Wildman–Crippen LogP) is -2.33. The number of aliphatic hydroxyl groups excluding tert-OH is 2. The molecule has 0 saturated carbocycles. The van der Waals surface area contributed by atoms with Crippen molar-refractivity contribution in [3.05, 3.63) is 0 Å². The van der Waals surface area contributed by atoms with E-state index in [0.717, 1.165) is 0 Å². The van der Waals surface area contributed by atoms with Crippen LogP contribution >= 0.6 is 0 Å². The molecule has 28 heavy (non-hydrogen) atoms. The summed E-state index contributed by atoms with van der Waals surface area (Å²) in [5, 5.41) is 25.6. The number of nitrogens with one attached hydrogen (secondary N) is 2. The topological polar surface area (TPSA) is 138 Å². The first-order valence-electron chi connectivity index (χ1n) is 8.64. The number of hydrogen-bond acceptors (Lipinski definition) is 12. The van der Waals surface area contributed by atoms with Crippen LogP contribution in [0.25, 0.3) is 0 Å². The summed E-state index contributed by atoms with van der Waals surface area (Å²) in [7, 11) is 3.19. The Kier molecular flexibility index (Phi) is 15.7. The lowest BCUT2D eigenvalue weighted by molar-refractivity contribution is -0.0956. The molecule has 2 unspecified atom stereocenters. The number of rotatable bonds is 19. The summed E-state index contributed by atoms with van der Waals surface area (Å²) in [6, 6.07) is 0. The van der Waals surface area contributed by atoms with Gasteiger partial charge in [-0.15, -0.1) is 0 Å². The molecule has 4 N–H and O–H groups in total. The zero-order chi connectivity index (χ0) is 21.5. The molecule has 12 nitrogen and oxygen atoms in total. The normalized spacial score (nSPS) is 15.0. The maximum absolute atomic E-state index is 9.89. The first kappa shape index (κ1) is 28.0. The molecule has 0 radical (unpaired) electrons. The van der Waals surface area contributed by atoms with Crippen LogP contribution in [0.15, 0.2) is 0 Å². The van der Waals surface area contributed by atoms with Gasteiger partial charge < -0.3 is 51.6 Å². The molecular weight excluding hydrogens is 412 g/mol. The third-order valence-electron chi connectivity index (χ3n) is 3.86. The first-order valence-corrected chi connectivity index (χ1v) is 12.5. The Morgan fingerprint density at radius 2 is 1.18 bits per heavy atom. The molecule has 2 atom stereocenters. The minimum Gasteiger partial charge on any atom is -0.389 e. The van der Waals surface area contributed by atoms with Crippen LogP contribution in [0.5, 0.6) is 0 Å². The molecule has 0 saturated heterocycles. The Balaban J connectivity index is 3.84. The van der Waals surface area contributed by atoms with E-state index in [9.17, 15) is 10.2 Å². The SMILES string of the molecule is CO[Si](COCC(O)CNCNCC(O)OC[Si](OC)(OC)OC)(OC)OC. The van der Waals surface area contributed by atoms with Gasteiger partial charge in [0, 0.05) is 62.4 Å². The van der Waals surface area contributed by atoms with Crippen molar-refractivity contribution in [1.82, 2.24) is 10.6 Å². The second kappa shape index (κ2) is 15.7. The molecule has 0 aromatic rings. The molecule has 0 aliphatic heterocycles. The second-order valence-electron chi connectivity index (χ2n) is 5.61. The largest absolute Gasteiger partial charge is 0.527 e. The molecule has 0 amide bonds. The van der Waals surface area contributed by atoms with Crippen molar-refractivity contribution < 1.29 is 46.2 Å². The predicted molar refractivity (Wildman–Crippen MR) is 103 cm³/mol. The van der Waals surface area contributed by atoms with Gasteiger partial charge in [0.2, 0.25) is 0 Å². The maximum Gasteiger partial charge on any atom is 0.527 e. The van der Waals surface area contributed by atoms with Gasteiger partial charge in [0.25, 0.3) is 0 Å². The monoisotopic (exact) mass is 448 g/mol. The summed E-state index contributed by atoms with van der Waals surface area (Å²) in [4.78, 5) is 0. The van der Waals surface area contributed by atoms with Gasteiger partial charge in [-0.25, -0.2) is 0 Å². The number of hydrogen-bond donors (Lipinski definition) is 4. The molecule has 0 aliphatic rings. The minimum absolute atomic E-state index is 0.0258. The molecule has 0 aromatic heterocycles. The fraction of sp³-hybridized carbons (Fsp3) is 1.00. The average Bonchev–Trinajstić information content (AvgIpc) is 2.72. The molecule has 170 valence electrons. The highest BCUT2D eigenvalue weighted by atomic mass is 28.4. The van der Waals surface area contributed by atoms with E-state index in [2.05, 4.69) is 10.6 Å².